The Hall–Kier alpha value is -2.46. The second kappa shape index (κ2) is 7.83. The van der Waals surface area contributed by atoms with Gasteiger partial charge in [0.15, 0.2) is 0 Å². The van der Waals surface area contributed by atoms with Crippen molar-refractivity contribution < 1.29 is 18.0 Å². The lowest BCUT2D eigenvalue weighted by atomic mass is 10.2. The summed E-state index contributed by atoms with van der Waals surface area (Å²) in [7, 11) is 0. The Labute approximate surface area is 154 Å². The lowest BCUT2D eigenvalue weighted by Gasteiger charge is -2.13. The number of pyridine rings is 1. The standard InChI is InChI=1S/C16H13F3N4OS2/c17-16(18,19)10-3-1-5-20-13(10)21-6-7-22-14(24)11-9-26-15(23-11)12-4-2-8-25-12/h1-5,8-9H,6-7H2,(H,20,21)(H,22,24). The SMILES string of the molecule is O=C(NCCNc1ncccc1C(F)(F)F)c1csc(-c2cccs2)n1. The predicted octanol–water partition coefficient (Wildman–Crippen LogP) is 4.13. The maximum absolute atomic E-state index is 12.9. The first-order valence-corrected chi connectivity index (χ1v) is 9.25. The van der Waals surface area contributed by atoms with Crippen molar-refractivity contribution in [3.05, 3.63) is 52.5 Å². The molecule has 0 saturated heterocycles. The Kier molecular flexibility index (Phi) is 5.52. The molecule has 3 aromatic heterocycles. The minimum absolute atomic E-state index is 0.105. The van der Waals surface area contributed by atoms with Crippen molar-refractivity contribution in [3.63, 3.8) is 0 Å². The Balaban J connectivity index is 1.52. The molecule has 0 radical (unpaired) electrons. The number of halogens is 3. The third-order valence-corrected chi connectivity index (χ3v) is 5.17. The van der Waals surface area contributed by atoms with E-state index in [-0.39, 0.29) is 30.5 Å². The molecule has 3 aromatic rings. The first-order chi connectivity index (χ1) is 12.4. The second-order valence-corrected chi connectivity index (χ2v) is 6.90. The van der Waals surface area contributed by atoms with E-state index >= 15 is 0 Å². The Morgan fingerprint density at radius 2 is 2.00 bits per heavy atom. The van der Waals surface area contributed by atoms with E-state index in [9.17, 15) is 18.0 Å². The summed E-state index contributed by atoms with van der Waals surface area (Å²) in [5.41, 5.74) is -0.557. The number of thiophene rings is 1. The fraction of sp³-hybridized carbons (Fsp3) is 0.188. The molecule has 5 nitrogen and oxygen atoms in total. The highest BCUT2D eigenvalue weighted by Crippen LogP contribution is 2.33. The zero-order valence-electron chi connectivity index (χ0n) is 13.2. The van der Waals surface area contributed by atoms with E-state index in [1.54, 1.807) is 5.38 Å². The van der Waals surface area contributed by atoms with Gasteiger partial charge in [0.1, 0.15) is 16.5 Å². The second-order valence-electron chi connectivity index (χ2n) is 5.10. The van der Waals surface area contributed by atoms with Gasteiger partial charge in [-0.05, 0) is 23.6 Å². The fourth-order valence-electron chi connectivity index (χ4n) is 2.11. The molecule has 0 bridgehead atoms. The van der Waals surface area contributed by atoms with E-state index in [0.717, 1.165) is 16.0 Å². The highest BCUT2D eigenvalue weighted by molar-refractivity contribution is 7.20. The van der Waals surface area contributed by atoms with E-state index in [1.807, 2.05) is 17.5 Å². The number of alkyl halides is 3. The molecule has 0 unspecified atom stereocenters. The molecule has 1 amide bonds. The van der Waals surface area contributed by atoms with Gasteiger partial charge < -0.3 is 10.6 Å². The summed E-state index contributed by atoms with van der Waals surface area (Å²) in [5.74, 6) is -0.634. The Bertz CT molecular complexity index is 878. The van der Waals surface area contributed by atoms with Crippen molar-refractivity contribution in [2.45, 2.75) is 6.18 Å². The summed E-state index contributed by atoms with van der Waals surface area (Å²) in [5, 5.41) is 9.55. The molecule has 0 atom stereocenters. The largest absolute Gasteiger partial charge is 0.419 e. The lowest BCUT2D eigenvalue weighted by molar-refractivity contribution is -0.137. The minimum Gasteiger partial charge on any atom is -0.368 e. The molecular formula is C16H13F3N4OS2. The van der Waals surface area contributed by atoms with Crippen LogP contribution in [-0.4, -0.2) is 29.0 Å². The summed E-state index contributed by atoms with van der Waals surface area (Å²) in [6, 6.07) is 6.00. The van der Waals surface area contributed by atoms with E-state index in [4.69, 9.17) is 0 Å². The Morgan fingerprint density at radius 1 is 1.15 bits per heavy atom. The third kappa shape index (κ3) is 4.38. The summed E-state index contributed by atoms with van der Waals surface area (Å²) in [6.45, 7) is 0.242. The molecule has 0 saturated carbocycles. The van der Waals surface area contributed by atoms with Crippen LogP contribution in [0, 0.1) is 0 Å². The smallest absolute Gasteiger partial charge is 0.368 e. The summed E-state index contributed by atoms with van der Waals surface area (Å²) < 4.78 is 38.6. The molecule has 0 spiro atoms. The van der Waals surface area contributed by atoms with E-state index < -0.39 is 11.7 Å². The zero-order valence-corrected chi connectivity index (χ0v) is 14.8. The van der Waals surface area contributed by atoms with Crippen molar-refractivity contribution in [2.75, 3.05) is 18.4 Å². The highest BCUT2D eigenvalue weighted by atomic mass is 32.1. The van der Waals surface area contributed by atoms with Crippen LogP contribution in [0.4, 0.5) is 19.0 Å². The quantitative estimate of drug-likeness (QED) is 0.613. The van der Waals surface area contributed by atoms with Crippen molar-refractivity contribution >= 4 is 34.4 Å². The number of carbonyl (C=O) groups excluding carboxylic acids is 1. The third-order valence-electron chi connectivity index (χ3n) is 3.28. The van der Waals surface area contributed by atoms with Crippen LogP contribution in [0.3, 0.4) is 0 Å². The number of nitrogens with zero attached hydrogens (tertiary/aromatic N) is 2. The molecule has 0 aliphatic rings. The summed E-state index contributed by atoms with van der Waals surface area (Å²) in [4.78, 5) is 21.0. The van der Waals surface area contributed by atoms with Gasteiger partial charge in [0, 0.05) is 24.7 Å². The van der Waals surface area contributed by atoms with Crippen molar-refractivity contribution in [1.82, 2.24) is 15.3 Å². The molecule has 0 aliphatic heterocycles. The van der Waals surface area contributed by atoms with Gasteiger partial charge >= 0.3 is 6.18 Å². The van der Waals surface area contributed by atoms with Crippen molar-refractivity contribution in [2.24, 2.45) is 0 Å². The van der Waals surface area contributed by atoms with Crippen LogP contribution in [0.1, 0.15) is 16.1 Å². The molecule has 0 fully saturated rings. The average molecular weight is 398 g/mol. The van der Waals surface area contributed by atoms with Gasteiger partial charge in [0.2, 0.25) is 0 Å². The van der Waals surface area contributed by atoms with Gasteiger partial charge in [0.25, 0.3) is 5.91 Å². The topological polar surface area (TPSA) is 66.9 Å². The molecular weight excluding hydrogens is 385 g/mol. The van der Waals surface area contributed by atoms with Crippen molar-refractivity contribution in [1.29, 1.82) is 0 Å². The average Bonchev–Trinajstić information content (AvgIpc) is 3.28. The van der Waals surface area contributed by atoms with E-state index in [1.165, 1.54) is 34.9 Å². The van der Waals surface area contributed by atoms with E-state index in [2.05, 4.69) is 20.6 Å². The number of thiazole rings is 1. The fourth-order valence-corrected chi connectivity index (χ4v) is 3.73. The summed E-state index contributed by atoms with van der Waals surface area (Å²) in [6.07, 6.45) is -3.21. The number of aromatic nitrogens is 2. The molecule has 3 rings (SSSR count). The van der Waals surface area contributed by atoms with E-state index in [0.29, 0.717) is 0 Å². The molecule has 10 heteroatoms. The molecule has 0 aromatic carbocycles. The molecule has 136 valence electrons. The van der Waals surface area contributed by atoms with Crippen LogP contribution < -0.4 is 10.6 Å². The van der Waals surface area contributed by atoms with Crippen LogP contribution in [0.5, 0.6) is 0 Å². The van der Waals surface area contributed by atoms with Crippen LogP contribution in [0.2, 0.25) is 0 Å². The summed E-state index contributed by atoms with van der Waals surface area (Å²) >= 11 is 2.90. The van der Waals surface area contributed by atoms with Gasteiger partial charge in [-0.15, -0.1) is 22.7 Å². The molecule has 2 N–H and O–H groups in total. The predicted molar refractivity (Wildman–Crippen MR) is 95.5 cm³/mol. The monoisotopic (exact) mass is 398 g/mol. The maximum Gasteiger partial charge on any atom is 0.419 e. The minimum atomic E-state index is -4.49. The molecule has 3 heterocycles. The van der Waals surface area contributed by atoms with Crippen LogP contribution in [-0.2, 0) is 6.18 Å². The first-order valence-electron chi connectivity index (χ1n) is 7.49. The van der Waals surface area contributed by atoms with Gasteiger partial charge in [-0.3, -0.25) is 4.79 Å². The van der Waals surface area contributed by atoms with Gasteiger partial charge in [-0.2, -0.15) is 13.2 Å². The van der Waals surface area contributed by atoms with Crippen LogP contribution >= 0.6 is 22.7 Å². The molecule has 0 aliphatic carbocycles. The Morgan fingerprint density at radius 3 is 2.73 bits per heavy atom. The highest BCUT2D eigenvalue weighted by Gasteiger charge is 2.33. The normalized spacial score (nSPS) is 11.3. The van der Waals surface area contributed by atoms with Crippen molar-refractivity contribution in [3.8, 4) is 9.88 Å². The first kappa shape index (κ1) is 18.3. The van der Waals surface area contributed by atoms with Gasteiger partial charge in [-0.1, -0.05) is 6.07 Å². The van der Waals surface area contributed by atoms with Gasteiger partial charge in [0.05, 0.1) is 10.4 Å². The number of amides is 1. The van der Waals surface area contributed by atoms with Crippen LogP contribution in [0.15, 0.2) is 41.2 Å². The number of hydrogen-bond donors (Lipinski definition) is 2. The number of nitrogens with one attached hydrogen (secondary N) is 2. The molecule has 26 heavy (non-hydrogen) atoms. The number of carbonyl (C=O) groups is 1. The van der Waals surface area contributed by atoms with Gasteiger partial charge in [-0.25, -0.2) is 9.97 Å². The number of hydrogen-bond acceptors (Lipinski definition) is 6. The number of anilines is 1. The number of rotatable bonds is 6. The lowest BCUT2D eigenvalue weighted by Crippen LogP contribution is -2.29. The maximum atomic E-state index is 12.9. The zero-order chi connectivity index (χ0) is 18.6. The van der Waals surface area contributed by atoms with Crippen LogP contribution in [0.25, 0.3) is 9.88 Å².